The quantitative estimate of drug-likeness (QED) is 0.444. The predicted molar refractivity (Wildman–Crippen MR) is 63.1 cm³/mol. The van der Waals surface area contributed by atoms with Crippen LogP contribution in [0.2, 0.25) is 0 Å². The van der Waals surface area contributed by atoms with Crippen LogP contribution < -0.4 is 5.73 Å². The van der Waals surface area contributed by atoms with Crippen LogP contribution in [0, 0.1) is 0 Å². The zero-order chi connectivity index (χ0) is 11.1. The minimum absolute atomic E-state index is 0.261. The van der Waals surface area contributed by atoms with Crippen LogP contribution in [0.5, 0.6) is 0 Å². The molecule has 4 heteroatoms. The van der Waals surface area contributed by atoms with Crippen LogP contribution in [-0.2, 0) is 4.79 Å². The van der Waals surface area contributed by atoms with Gasteiger partial charge in [-0.2, -0.15) is 0 Å². The summed E-state index contributed by atoms with van der Waals surface area (Å²) in [6.45, 7) is 0. The van der Waals surface area contributed by atoms with Gasteiger partial charge in [0.1, 0.15) is 0 Å². The Balaban J connectivity index is 2.17. The molecule has 0 saturated heterocycles. The van der Waals surface area contributed by atoms with Gasteiger partial charge >= 0.3 is 5.97 Å². The van der Waals surface area contributed by atoms with E-state index in [0.29, 0.717) is 0 Å². The number of anilines is 1. The molecular formula is C11H15NO2S. The average molecular weight is 225 g/mol. The molecule has 1 rings (SSSR count). The average Bonchev–Trinajstić information content (AvgIpc) is 2.17. The molecule has 82 valence electrons. The van der Waals surface area contributed by atoms with E-state index in [0.717, 1.165) is 29.2 Å². The van der Waals surface area contributed by atoms with Crippen molar-refractivity contribution in [3.8, 4) is 0 Å². The lowest BCUT2D eigenvalue weighted by Crippen LogP contribution is -1.94. The maximum atomic E-state index is 10.3. The highest BCUT2D eigenvalue weighted by molar-refractivity contribution is 7.99. The topological polar surface area (TPSA) is 63.3 Å². The molecule has 0 atom stereocenters. The lowest BCUT2D eigenvalue weighted by Gasteiger charge is -2.01. The second-order valence-electron chi connectivity index (χ2n) is 3.27. The van der Waals surface area contributed by atoms with Crippen molar-refractivity contribution in [2.75, 3.05) is 11.5 Å². The molecule has 0 aliphatic rings. The molecule has 0 radical (unpaired) electrons. The Labute approximate surface area is 93.7 Å². The van der Waals surface area contributed by atoms with Gasteiger partial charge in [-0.3, -0.25) is 4.79 Å². The SMILES string of the molecule is Nc1cccc(SCCCCC(=O)O)c1. The van der Waals surface area contributed by atoms with Crippen LogP contribution in [0.1, 0.15) is 19.3 Å². The van der Waals surface area contributed by atoms with Gasteiger partial charge in [0.25, 0.3) is 0 Å². The van der Waals surface area contributed by atoms with Crippen molar-refractivity contribution in [1.29, 1.82) is 0 Å². The number of benzene rings is 1. The number of unbranched alkanes of at least 4 members (excludes halogenated alkanes) is 1. The molecule has 0 unspecified atom stereocenters. The highest BCUT2D eigenvalue weighted by atomic mass is 32.2. The number of thioether (sulfide) groups is 1. The summed E-state index contributed by atoms with van der Waals surface area (Å²) in [5.74, 6) is 0.223. The van der Waals surface area contributed by atoms with Gasteiger partial charge in [0, 0.05) is 17.0 Å². The normalized spacial score (nSPS) is 10.1. The van der Waals surface area contributed by atoms with Crippen molar-refractivity contribution in [2.24, 2.45) is 0 Å². The van der Waals surface area contributed by atoms with E-state index in [-0.39, 0.29) is 6.42 Å². The van der Waals surface area contributed by atoms with Crippen LogP contribution in [-0.4, -0.2) is 16.8 Å². The third-order valence-electron chi connectivity index (χ3n) is 1.91. The highest BCUT2D eigenvalue weighted by Gasteiger charge is 1.98. The van der Waals surface area contributed by atoms with Gasteiger partial charge in [0.2, 0.25) is 0 Å². The van der Waals surface area contributed by atoms with Gasteiger partial charge in [-0.05, 0) is 36.8 Å². The first-order chi connectivity index (χ1) is 7.18. The predicted octanol–water partition coefficient (Wildman–Crippen LogP) is 2.62. The van der Waals surface area contributed by atoms with Gasteiger partial charge in [-0.25, -0.2) is 0 Å². The van der Waals surface area contributed by atoms with E-state index in [4.69, 9.17) is 10.8 Å². The van der Waals surface area contributed by atoms with Gasteiger partial charge in [-0.1, -0.05) is 6.07 Å². The first kappa shape index (κ1) is 11.9. The van der Waals surface area contributed by atoms with Crippen molar-refractivity contribution in [3.05, 3.63) is 24.3 Å². The summed E-state index contributed by atoms with van der Waals surface area (Å²) >= 11 is 1.71. The van der Waals surface area contributed by atoms with Gasteiger partial charge < -0.3 is 10.8 Å². The summed E-state index contributed by atoms with van der Waals surface area (Å²) in [6.07, 6.45) is 1.92. The fourth-order valence-electron chi connectivity index (χ4n) is 1.17. The van der Waals surface area contributed by atoms with E-state index < -0.39 is 5.97 Å². The first-order valence-corrected chi connectivity index (χ1v) is 5.87. The van der Waals surface area contributed by atoms with Crippen molar-refractivity contribution >= 4 is 23.4 Å². The smallest absolute Gasteiger partial charge is 0.303 e. The van der Waals surface area contributed by atoms with Crippen LogP contribution in [0.4, 0.5) is 5.69 Å². The Kier molecular flexibility index (Phi) is 5.04. The molecule has 0 bridgehead atoms. The monoisotopic (exact) mass is 225 g/mol. The Morgan fingerprint density at radius 1 is 1.40 bits per heavy atom. The van der Waals surface area contributed by atoms with E-state index in [1.807, 2.05) is 24.3 Å². The summed E-state index contributed by atoms with van der Waals surface area (Å²) in [4.78, 5) is 11.4. The first-order valence-electron chi connectivity index (χ1n) is 4.88. The number of carboxylic acid groups (broad SMARTS) is 1. The van der Waals surface area contributed by atoms with Gasteiger partial charge in [0.15, 0.2) is 0 Å². The Morgan fingerprint density at radius 2 is 2.20 bits per heavy atom. The third-order valence-corrected chi connectivity index (χ3v) is 2.99. The standard InChI is InChI=1S/C11H15NO2S/c12-9-4-3-5-10(8-9)15-7-2-1-6-11(13)14/h3-5,8H,1-2,6-7,12H2,(H,13,14). The maximum Gasteiger partial charge on any atom is 0.303 e. The second-order valence-corrected chi connectivity index (χ2v) is 4.44. The van der Waals surface area contributed by atoms with E-state index in [1.165, 1.54) is 0 Å². The molecule has 15 heavy (non-hydrogen) atoms. The molecule has 1 aromatic rings. The Hall–Kier alpha value is -1.16. The molecule has 3 nitrogen and oxygen atoms in total. The van der Waals surface area contributed by atoms with Crippen molar-refractivity contribution in [2.45, 2.75) is 24.2 Å². The molecule has 0 fully saturated rings. The number of carboxylic acids is 1. The lowest BCUT2D eigenvalue weighted by atomic mass is 10.2. The summed E-state index contributed by atoms with van der Waals surface area (Å²) in [5.41, 5.74) is 6.41. The van der Waals surface area contributed by atoms with E-state index in [1.54, 1.807) is 11.8 Å². The van der Waals surface area contributed by atoms with E-state index >= 15 is 0 Å². The number of rotatable bonds is 6. The minimum Gasteiger partial charge on any atom is -0.481 e. The summed E-state index contributed by atoms with van der Waals surface area (Å²) in [7, 11) is 0. The van der Waals surface area contributed by atoms with Crippen LogP contribution in [0.3, 0.4) is 0 Å². The summed E-state index contributed by atoms with van der Waals surface area (Å²) in [6, 6.07) is 7.73. The molecular weight excluding hydrogens is 210 g/mol. The summed E-state index contributed by atoms with van der Waals surface area (Å²) in [5, 5.41) is 8.44. The van der Waals surface area contributed by atoms with Crippen molar-refractivity contribution in [1.82, 2.24) is 0 Å². The van der Waals surface area contributed by atoms with E-state index in [2.05, 4.69) is 0 Å². The lowest BCUT2D eigenvalue weighted by molar-refractivity contribution is -0.137. The van der Waals surface area contributed by atoms with Crippen molar-refractivity contribution < 1.29 is 9.90 Å². The number of nitrogens with two attached hydrogens (primary N) is 1. The molecule has 0 aliphatic carbocycles. The Bertz CT molecular complexity index is 328. The second kappa shape index (κ2) is 6.35. The van der Waals surface area contributed by atoms with E-state index in [9.17, 15) is 4.79 Å². The van der Waals surface area contributed by atoms with Crippen molar-refractivity contribution in [3.63, 3.8) is 0 Å². The largest absolute Gasteiger partial charge is 0.481 e. The Morgan fingerprint density at radius 3 is 2.87 bits per heavy atom. The maximum absolute atomic E-state index is 10.3. The number of aliphatic carboxylic acids is 1. The highest BCUT2D eigenvalue weighted by Crippen LogP contribution is 2.21. The molecule has 3 N–H and O–H groups in total. The minimum atomic E-state index is -0.719. The zero-order valence-corrected chi connectivity index (χ0v) is 9.30. The molecule has 0 aromatic heterocycles. The van der Waals surface area contributed by atoms with Crippen LogP contribution in [0.25, 0.3) is 0 Å². The molecule has 0 saturated carbocycles. The molecule has 0 spiro atoms. The van der Waals surface area contributed by atoms with Crippen LogP contribution >= 0.6 is 11.8 Å². The van der Waals surface area contributed by atoms with Crippen LogP contribution in [0.15, 0.2) is 29.2 Å². The number of carbonyl (C=O) groups is 1. The van der Waals surface area contributed by atoms with Gasteiger partial charge in [-0.15, -0.1) is 11.8 Å². The fourth-order valence-corrected chi connectivity index (χ4v) is 2.15. The third kappa shape index (κ3) is 5.32. The van der Waals surface area contributed by atoms with Gasteiger partial charge in [0.05, 0.1) is 0 Å². The molecule has 0 aliphatic heterocycles. The number of hydrogen-bond acceptors (Lipinski definition) is 3. The number of nitrogen functional groups attached to an aromatic ring is 1. The molecule has 1 aromatic carbocycles. The molecule has 0 heterocycles. The number of hydrogen-bond donors (Lipinski definition) is 2. The zero-order valence-electron chi connectivity index (χ0n) is 8.48. The fraction of sp³-hybridized carbons (Fsp3) is 0.364. The summed E-state index contributed by atoms with van der Waals surface area (Å²) < 4.78 is 0. The molecule has 0 amide bonds.